The third-order valence-corrected chi connectivity index (χ3v) is 1.36. The summed E-state index contributed by atoms with van der Waals surface area (Å²) in [6.07, 6.45) is 14.4. The van der Waals surface area contributed by atoms with Crippen molar-refractivity contribution in [3.8, 4) is 25.1 Å². The lowest BCUT2D eigenvalue weighted by atomic mass is 10.2. The number of ether oxygens (including phenoxy) is 2. The molecule has 4 heteroatoms. The van der Waals surface area contributed by atoms with Crippen molar-refractivity contribution in [3.63, 3.8) is 0 Å². The van der Waals surface area contributed by atoms with Crippen LogP contribution in [0.2, 0.25) is 0 Å². The number of terminal acetylenes is 2. The summed E-state index contributed by atoms with van der Waals surface area (Å²) in [5.74, 6) is -0.948. The average molecular weight is 194 g/mol. The van der Waals surface area contributed by atoms with Gasteiger partial charge >= 0.3 is 11.9 Å². The van der Waals surface area contributed by atoms with Crippen LogP contribution >= 0.6 is 0 Å². The predicted molar refractivity (Wildman–Crippen MR) is 48.3 cm³/mol. The zero-order valence-electron chi connectivity index (χ0n) is 7.62. The predicted octanol–water partition coefficient (Wildman–Crippen LogP) is 0.815. The second-order valence-electron chi connectivity index (χ2n) is 2.39. The van der Waals surface area contributed by atoms with E-state index in [0.717, 1.165) is 0 Å². The Morgan fingerprint density at radius 2 is 1.29 bits per heavy atom. The molecule has 74 valence electrons. The van der Waals surface area contributed by atoms with Gasteiger partial charge in [-0.15, -0.1) is 0 Å². The third-order valence-electron chi connectivity index (χ3n) is 1.36. The molecule has 0 saturated heterocycles. The second kappa shape index (κ2) is 7.70. The van der Waals surface area contributed by atoms with Gasteiger partial charge in [0, 0.05) is 12.8 Å². The number of rotatable bonds is 5. The topological polar surface area (TPSA) is 52.6 Å². The van der Waals surface area contributed by atoms with Crippen LogP contribution in [0.5, 0.6) is 0 Å². The first-order chi connectivity index (χ1) is 6.70. The molecule has 0 aliphatic heterocycles. The van der Waals surface area contributed by atoms with Crippen LogP contribution in [0.3, 0.4) is 0 Å². The van der Waals surface area contributed by atoms with Crippen LogP contribution < -0.4 is 0 Å². The number of unbranched alkanes of at least 4 members (excludes halogenated alkanes) is 1. The number of esters is 2. The first-order valence-corrected chi connectivity index (χ1v) is 4.01. The molecule has 0 aromatic carbocycles. The van der Waals surface area contributed by atoms with Gasteiger partial charge in [0.2, 0.25) is 0 Å². The molecule has 14 heavy (non-hydrogen) atoms. The minimum absolute atomic E-state index is 0.188. The smallest absolute Gasteiger partial charge is 0.319 e. The van der Waals surface area contributed by atoms with E-state index in [9.17, 15) is 9.59 Å². The molecule has 0 rings (SSSR count). The fourth-order valence-electron chi connectivity index (χ4n) is 0.772. The van der Waals surface area contributed by atoms with Crippen LogP contribution in [0.1, 0.15) is 25.7 Å². The average Bonchev–Trinajstić information content (AvgIpc) is 2.13. The van der Waals surface area contributed by atoms with Crippen LogP contribution in [0, 0.1) is 25.1 Å². The van der Waals surface area contributed by atoms with Gasteiger partial charge in [-0.1, -0.05) is 12.8 Å². The van der Waals surface area contributed by atoms with Crippen molar-refractivity contribution in [2.75, 3.05) is 0 Å². The van der Waals surface area contributed by atoms with E-state index in [4.69, 9.17) is 12.8 Å². The number of carbonyl (C=O) groups excluding carboxylic acids is 2. The first-order valence-electron chi connectivity index (χ1n) is 4.01. The lowest BCUT2D eigenvalue weighted by molar-refractivity contribution is -0.139. The number of hydrogen-bond donors (Lipinski definition) is 0. The molecule has 0 atom stereocenters. The molecule has 0 N–H and O–H groups in total. The Labute approximate surface area is 82.6 Å². The molecule has 0 aromatic rings. The van der Waals surface area contributed by atoms with Crippen LogP contribution in [0.15, 0.2) is 0 Å². The minimum Gasteiger partial charge on any atom is -0.372 e. The summed E-state index contributed by atoms with van der Waals surface area (Å²) in [4.78, 5) is 21.4. The van der Waals surface area contributed by atoms with Crippen molar-refractivity contribution in [1.82, 2.24) is 0 Å². The van der Waals surface area contributed by atoms with Crippen molar-refractivity contribution in [1.29, 1.82) is 0 Å². The molecule has 0 aliphatic rings. The highest BCUT2D eigenvalue weighted by Gasteiger charge is 2.04. The van der Waals surface area contributed by atoms with Crippen LogP contribution in [-0.2, 0) is 19.1 Å². The normalized spacial score (nSPS) is 8.14. The largest absolute Gasteiger partial charge is 0.372 e. The van der Waals surface area contributed by atoms with E-state index in [1.165, 1.54) is 0 Å². The third kappa shape index (κ3) is 6.75. The van der Waals surface area contributed by atoms with E-state index in [0.29, 0.717) is 12.8 Å². The molecule has 0 aliphatic carbocycles. The molecule has 0 heterocycles. The highest BCUT2D eigenvalue weighted by Crippen LogP contribution is 2.02. The molecular formula is C10H10O4. The Morgan fingerprint density at radius 1 is 0.929 bits per heavy atom. The van der Waals surface area contributed by atoms with Gasteiger partial charge in [0.25, 0.3) is 0 Å². The van der Waals surface area contributed by atoms with Gasteiger partial charge in [-0.3, -0.25) is 9.59 Å². The van der Waals surface area contributed by atoms with Gasteiger partial charge in [0.05, 0.1) is 0 Å². The summed E-state index contributed by atoms with van der Waals surface area (Å²) >= 11 is 0. The molecule has 0 fully saturated rings. The van der Waals surface area contributed by atoms with Crippen LogP contribution in [-0.4, -0.2) is 11.9 Å². The SMILES string of the molecule is C#COC(=O)CCCCC(=O)OC#C. The molecule has 0 amide bonds. The lowest BCUT2D eigenvalue weighted by Crippen LogP contribution is -2.02. The summed E-state index contributed by atoms with van der Waals surface area (Å²) in [7, 11) is 0. The summed E-state index contributed by atoms with van der Waals surface area (Å²) in [5.41, 5.74) is 0. The van der Waals surface area contributed by atoms with E-state index in [-0.39, 0.29) is 12.8 Å². The Hall–Kier alpha value is -1.94. The zero-order chi connectivity index (χ0) is 10.8. The molecule has 0 saturated carbocycles. The summed E-state index contributed by atoms with van der Waals surface area (Å²) in [6.45, 7) is 0. The molecule has 0 spiro atoms. The number of carbonyl (C=O) groups is 2. The minimum atomic E-state index is -0.474. The van der Waals surface area contributed by atoms with Crippen molar-refractivity contribution < 1.29 is 19.1 Å². The highest BCUT2D eigenvalue weighted by atomic mass is 16.5. The molecule has 0 unspecified atom stereocenters. The molecule has 0 aromatic heterocycles. The quantitative estimate of drug-likeness (QED) is 0.369. The summed E-state index contributed by atoms with van der Waals surface area (Å²) in [6, 6.07) is 0. The fourth-order valence-corrected chi connectivity index (χ4v) is 0.772. The van der Waals surface area contributed by atoms with Crippen LogP contribution in [0.25, 0.3) is 0 Å². The van der Waals surface area contributed by atoms with Crippen molar-refractivity contribution in [3.05, 3.63) is 0 Å². The van der Waals surface area contributed by atoms with Gasteiger partial charge in [0.1, 0.15) is 12.2 Å². The Bertz CT molecular complexity index is 249. The summed E-state index contributed by atoms with van der Waals surface area (Å²) in [5, 5.41) is 0. The van der Waals surface area contributed by atoms with Crippen molar-refractivity contribution in [2.45, 2.75) is 25.7 Å². The zero-order valence-corrected chi connectivity index (χ0v) is 7.62. The van der Waals surface area contributed by atoms with Gasteiger partial charge in [-0.05, 0) is 12.8 Å². The van der Waals surface area contributed by atoms with E-state index in [1.807, 2.05) is 0 Å². The Morgan fingerprint density at radius 3 is 1.57 bits per heavy atom. The van der Waals surface area contributed by atoms with Gasteiger partial charge in [0.15, 0.2) is 0 Å². The van der Waals surface area contributed by atoms with Crippen molar-refractivity contribution >= 4 is 11.9 Å². The Balaban J connectivity index is 3.39. The molecule has 0 radical (unpaired) electrons. The highest BCUT2D eigenvalue weighted by molar-refractivity contribution is 5.71. The van der Waals surface area contributed by atoms with E-state index < -0.39 is 11.9 Å². The lowest BCUT2D eigenvalue weighted by Gasteiger charge is -1.97. The number of hydrogen-bond acceptors (Lipinski definition) is 4. The molecule has 0 bridgehead atoms. The monoisotopic (exact) mass is 194 g/mol. The van der Waals surface area contributed by atoms with E-state index >= 15 is 0 Å². The second-order valence-corrected chi connectivity index (χ2v) is 2.39. The Kier molecular flexibility index (Phi) is 6.63. The van der Waals surface area contributed by atoms with Crippen molar-refractivity contribution in [2.24, 2.45) is 0 Å². The van der Waals surface area contributed by atoms with E-state index in [2.05, 4.69) is 9.47 Å². The standard InChI is InChI=1S/C10H10O4/c1-3-13-9(11)7-5-6-8-10(12)14-4-2/h1-2H,5-8H2. The summed E-state index contributed by atoms with van der Waals surface area (Å²) < 4.78 is 8.47. The maximum Gasteiger partial charge on any atom is 0.319 e. The van der Waals surface area contributed by atoms with Gasteiger partial charge in [-0.25, -0.2) is 0 Å². The fraction of sp³-hybridized carbons (Fsp3) is 0.400. The molecular weight excluding hydrogens is 184 g/mol. The maximum absolute atomic E-state index is 10.7. The van der Waals surface area contributed by atoms with Crippen LogP contribution in [0.4, 0.5) is 0 Å². The first kappa shape index (κ1) is 12.1. The molecule has 4 nitrogen and oxygen atoms in total. The van der Waals surface area contributed by atoms with Gasteiger partial charge in [-0.2, -0.15) is 0 Å². The maximum atomic E-state index is 10.7. The van der Waals surface area contributed by atoms with Gasteiger partial charge < -0.3 is 9.47 Å². The van der Waals surface area contributed by atoms with E-state index in [1.54, 1.807) is 12.2 Å².